The number of hydrogen-bond donors (Lipinski definition) is 7. The van der Waals surface area contributed by atoms with Crippen LogP contribution in [0.3, 0.4) is 0 Å². The number of likely N-dealkylation sites (tertiary alicyclic amines) is 1. The highest BCUT2D eigenvalue weighted by atomic mass is 16.4. The lowest BCUT2D eigenvalue weighted by Crippen LogP contribution is -2.57. The second-order valence-corrected chi connectivity index (χ2v) is 8.16. The van der Waals surface area contributed by atoms with Crippen LogP contribution in [-0.2, 0) is 25.6 Å². The van der Waals surface area contributed by atoms with Crippen molar-refractivity contribution in [3.63, 3.8) is 0 Å². The number of aliphatic imine (C=N–C) groups is 1. The van der Waals surface area contributed by atoms with Gasteiger partial charge in [0.05, 0.1) is 12.4 Å². The van der Waals surface area contributed by atoms with E-state index in [2.05, 4.69) is 25.6 Å². The van der Waals surface area contributed by atoms with Gasteiger partial charge in [0, 0.05) is 31.4 Å². The summed E-state index contributed by atoms with van der Waals surface area (Å²) in [6, 6.07) is -3.81. The van der Waals surface area contributed by atoms with Crippen LogP contribution >= 0.6 is 0 Å². The lowest BCUT2D eigenvalue weighted by atomic mass is 10.1. The van der Waals surface area contributed by atoms with Crippen molar-refractivity contribution in [1.82, 2.24) is 25.5 Å². The Morgan fingerprint density at radius 3 is 2.68 bits per heavy atom. The first-order chi connectivity index (χ1) is 16.1. The Morgan fingerprint density at radius 1 is 1.32 bits per heavy atom. The van der Waals surface area contributed by atoms with E-state index in [1.165, 1.54) is 24.3 Å². The lowest BCUT2D eigenvalue weighted by molar-refractivity contribution is -0.144. The zero-order valence-corrected chi connectivity index (χ0v) is 19.1. The number of hydrogen-bond acceptors (Lipinski definition) is 7. The van der Waals surface area contributed by atoms with Crippen molar-refractivity contribution in [3.8, 4) is 0 Å². The molecule has 0 aliphatic carbocycles. The van der Waals surface area contributed by atoms with Crippen molar-refractivity contribution in [2.24, 2.45) is 22.2 Å². The summed E-state index contributed by atoms with van der Waals surface area (Å²) >= 11 is 0. The first kappa shape index (κ1) is 26.6. The number of carboxylic acids is 1. The minimum atomic E-state index is -1.18. The molecule has 4 unspecified atom stereocenters. The van der Waals surface area contributed by atoms with E-state index in [4.69, 9.17) is 22.3 Å². The normalized spacial score (nSPS) is 17.9. The Kier molecular flexibility index (Phi) is 9.79. The first-order valence-corrected chi connectivity index (χ1v) is 11.0. The van der Waals surface area contributed by atoms with Crippen LogP contribution in [0.5, 0.6) is 0 Å². The predicted octanol–water partition coefficient (Wildman–Crippen LogP) is -2.60. The topological polar surface area (TPSA) is 235 Å². The summed E-state index contributed by atoms with van der Waals surface area (Å²) in [4.78, 5) is 61.8. The first-order valence-electron chi connectivity index (χ1n) is 11.0. The third-order valence-corrected chi connectivity index (χ3v) is 5.47. The molecule has 2 rings (SSSR count). The molecule has 4 atom stereocenters. The van der Waals surface area contributed by atoms with Crippen LogP contribution in [0.4, 0.5) is 0 Å². The van der Waals surface area contributed by atoms with Crippen molar-refractivity contribution >= 4 is 29.7 Å². The summed E-state index contributed by atoms with van der Waals surface area (Å²) in [6.07, 6.45) is 4.83. The molecule has 1 aromatic rings. The van der Waals surface area contributed by atoms with E-state index >= 15 is 0 Å². The fraction of sp³-hybridized carbons (Fsp3) is 0.600. The number of aromatic nitrogens is 2. The average Bonchev–Trinajstić information content (AvgIpc) is 3.47. The quantitative estimate of drug-likeness (QED) is 0.0943. The van der Waals surface area contributed by atoms with Gasteiger partial charge in [-0.25, -0.2) is 4.98 Å². The number of amides is 3. The van der Waals surface area contributed by atoms with Gasteiger partial charge in [0.25, 0.3) is 0 Å². The summed E-state index contributed by atoms with van der Waals surface area (Å²) in [7, 11) is 0. The Morgan fingerprint density at radius 2 is 2.06 bits per heavy atom. The third-order valence-electron chi connectivity index (χ3n) is 5.47. The van der Waals surface area contributed by atoms with E-state index in [1.54, 1.807) is 0 Å². The number of nitrogens with one attached hydrogen (secondary N) is 3. The Bertz CT molecular complexity index is 885. The fourth-order valence-electron chi connectivity index (χ4n) is 3.62. The van der Waals surface area contributed by atoms with Gasteiger partial charge in [-0.05, 0) is 32.6 Å². The molecule has 188 valence electrons. The van der Waals surface area contributed by atoms with Crippen LogP contribution in [0.2, 0.25) is 0 Å². The maximum Gasteiger partial charge on any atom is 0.325 e. The van der Waals surface area contributed by atoms with Crippen LogP contribution in [0.15, 0.2) is 17.5 Å². The van der Waals surface area contributed by atoms with Gasteiger partial charge in [-0.3, -0.25) is 24.2 Å². The monoisotopic (exact) mass is 479 g/mol. The Labute approximate surface area is 196 Å². The minimum Gasteiger partial charge on any atom is -0.480 e. The molecule has 0 bridgehead atoms. The zero-order chi connectivity index (χ0) is 25.3. The summed E-state index contributed by atoms with van der Waals surface area (Å²) < 4.78 is 0. The molecule has 0 saturated carbocycles. The van der Waals surface area contributed by atoms with Crippen molar-refractivity contribution in [1.29, 1.82) is 0 Å². The van der Waals surface area contributed by atoms with Crippen LogP contribution in [0, 0.1) is 0 Å². The molecule has 10 N–H and O–H groups in total. The largest absolute Gasteiger partial charge is 0.480 e. The molecule has 34 heavy (non-hydrogen) atoms. The van der Waals surface area contributed by atoms with Gasteiger partial charge in [0.1, 0.15) is 18.1 Å². The standard InChI is InChI=1S/C20H33N9O5/c1-11(19(33)34)27-17(31)15-5-3-7-29(15)18(32)14(8-12-9-24-10-26-12)28-16(30)13(21)4-2-6-25-20(22)23/h9-11,13-15H,2-8,21H2,1H3,(H,24,26)(H,27,31)(H,28,30)(H,33,34)(H4,22,23,25). The highest BCUT2D eigenvalue weighted by Crippen LogP contribution is 2.20. The lowest BCUT2D eigenvalue weighted by Gasteiger charge is -2.29. The molecular formula is C20H33N9O5. The van der Waals surface area contributed by atoms with Gasteiger partial charge in [0.2, 0.25) is 17.7 Å². The van der Waals surface area contributed by atoms with Gasteiger partial charge < -0.3 is 42.8 Å². The summed E-state index contributed by atoms with van der Waals surface area (Å²) in [5, 5.41) is 14.1. The van der Waals surface area contributed by atoms with Crippen molar-refractivity contribution in [2.45, 2.75) is 63.2 Å². The second-order valence-electron chi connectivity index (χ2n) is 8.16. The number of guanidine groups is 1. The van der Waals surface area contributed by atoms with E-state index in [9.17, 15) is 19.2 Å². The molecule has 0 spiro atoms. The van der Waals surface area contributed by atoms with Gasteiger partial charge in [-0.15, -0.1) is 0 Å². The van der Waals surface area contributed by atoms with Crippen molar-refractivity contribution in [3.05, 3.63) is 18.2 Å². The van der Waals surface area contributed by atoms with Crippen LogP contribution in [0.25, 0.3) is 0 Å². The van der Waals surface area contributed by atoms with Gasteiger partial charge in [-0.1, -0.05) is 0 Å². The molecule has 1 aliphatic heterocycles. The second kappa shape index (κ2) is 12.5. The number of carbonyl (C=O) groups excluding carboxylic acids is 3. The van der Waals surface area contributed by atoms with E-state index in [1.807, 2.05) is 0 Å². The van der Waals surface area contributed by atoms with Crippen molar-refractivity contribution in [2.75, 3.05) is 13.1 Å². The molecule has 2 heterocycles. The Balaban J connectivity index is 2.09. The number of H-pyrrole nitrogens is 1. The number of imidazole rings is 1. The average molecular weight is 480 g/mol. The maximum absolute atomic E-state index is 13.4. The molecule has 1 fully saturated rings. The van der Waals surface area contributed by atoms with Crippen LogP contribution in [-0.4, -0.2) is 86.9 Å². The Hall–Kier alpha value is -3.68. The summed E-state index contributed by atoms with van der Waals surface area (Å²) in [5.41, 5.74) is 17.1. The molecule has 3 amide bonds. The van der Waals surface area contributed by atoms with Gasteiger partial charge in [-0.2, -0.15) is 0 Å². The van der Waals surface area contributed by atoms with Gasteiger partial charge in [0.15, 0.2) is 5.96 Å². The number of aliphatic carboxylic acids is 1. The molecule has 1 saturated heterocycles. The molecule has 1 aliphatic rings. The fourth-order valence-corrected chi connectivity index (χ4v) is 3.62. The van der Waals surface area contributed by atoms with E-state index in [0.29, 0.717) is 44.5 Å². The highest BCUT2D eigenvalue weighted by molar-refractivity contribution is 5.94. The molecule has 0 aromatic carbocycles. The number of aromatic amines is 1. The van der Waals surface area contributed by atoms with E-state index < -0.39 is 47.9 Å². The molecular weight excluding hydrogens is 446 g/mol. The smallest absolute Gasteiger partial charge is 0.325 e. The number of nitrogens with zero attached hydrogens (tertiary/aromatic N) is 3. The van der Waals surface area contributed by atoms with E-state index in [0.717, 1.165) is 0 Å². The molecule has 0 radical (unpaired) electrons. The minimum absolute atomic E-state index is 0.0507. The highest BCUT2D eigenvalue weighted by Gasteiger charge is 2.38. The molecule has 14 nitrogen and oxygen atoms in total. The van der Waals surface area contributed by atoms with E-state index in [-0.39, 0.29) is 12.4 Å². The SMILES string of the molecule is CC(NC(=O)C1CCCN1C(=O)C(Cc1cnc[nH]1)NC(=O)C(N)CCCN=C(N)N)C(=O)O. The number of carbonyl (C=O) groups is 4. The predicted molar refractivity (Wildman–Crippen MR) is 122 cm³/mol. The van der Waals surface area contributed by atoms with Crippen LogP contribution in [0.1, 0.15) is 38.3 Å². The molecule has 1 aromatic heterocycles. The number of nitrogens with two attached hydrogens (primary N) is 3. The summed E-state index contributed by atoms with van der Waals surface area (Å²) in [5.74, 6) is -2.77. The molecule has 14 heteroatoms. The van der Waals surface area contributed by atoms with Gasteiger partial charge >= 0.3 is 5.97 Å². The van der Waals surface area contributed by atoms with Crippen molar-refractivity contribution < 1.29 is 24.3 Å². The number of carboxylic acid groups (broad SMARTS) is 1. The maximum atomic E-state index is 13.4. The third kappa shape index (κ3) is 7.72. The zero-order valence-electron chi connectivity index (χ0n) is 19.1. The number of rotatable bonds is 12. The summed E-state index contributed by atoms with van der Waals surface area (Å²) in [6.45, 7) is 1.97. The van der Waals surface area contributed by atoms with Crippen LogP contribution < -0.4 is 27.8 Å².